The second-order valence-corrected chi connectivity index (χ2v) is 9.45. The third-order valence-electron chi connectivity index (χ3n) is 7.98. The molecule has 1 heterocycles. The molecule has 0 saturated heterocycles. The fraction of sp³-hybridized carbons (Fsp3) is 0.357. The van der Waals surface area contributed by atoms with Gasteiger partial charge in [0.2, 0.25) is 0 Å². The van der Waals surface area contributed by atoms with Gasteiger partial charge in [-0.15, -0.1) is 0 Å². The van der Waals surface area contributed by atoms with Gasteiger partial charge in [-0.1, -0.05) is 79.5 Å². The zero-order chi connectivity index (χ0) is 19.6. The van der Waals surface area contributed by atoms with Crippen LogP contribution in [0.2, 0.25) is 0 Å². The van der Waals surface area contributed by atoms with Gasteiger partial charge in [0.25, 0.3) is 0 Å². The number of nitrogens with zero attached hydrogens (tertiary/aromatic N) is 1. The molecule has 146 valence electrons. The topological polar surface area (TPSA) is 4.93 Å². The van der Waals surface area contributed by atoms with Crippen LogP contribution >= 0.6 is 0 Å². The molecule has 1 unspecified atom stereocenters. The van der Waals surface area contributed by atoms with Crippen LogP contribution in [0, 0.1) is 18.3 Å². The molecule has 0 spiro atoms. The smallest absolute Gasteiger partial charge is 0.0530 e. The van der Waals surface area contributed by atoms with Crippen molar-refractivity contribution in [2.75, 3.05) is 0 Å². The molecule has 0 radical (unpaired) electrons. The second-order valence-electron chi connectivity index (χ2n) is 9.45. The summed E-state index contributed by atoms with van der Waals surface area (Å²) < 4.78 is 2.46. The van der Waals surface area contributed by atoms with Gasteiger partial charge < -0.3 is 4.57 Å². The molecule has 3 aliphatic rings. The Morgan fingerprint density at radius 1 is 0.931 bits per heavy atom. The van der Waals surface area contributed by atoms with Crippen LogP contribution in [0.15, 0.2) is 66.8 Å². The number of hydrogen-bond acceptors (Lipinski definition) is 0. The highest BCUT2D eigenvalue weighted by Crippen LogP contribution is 2.63. The summed E-state index contributed by atoms with van der Waals surface area (Å²) in [5.41, 5.74) is 9.11. The number of rotatable bonds is 2. The number of aromatic nitrogens is 1. The van der Waals surface area contributed by atoms with Gasteiger partial charge in [-0.05, 0) is 48.4 Å². The van der Waals surface area contributed by atoms with E-state index in [4.69, 9.17) is 0 Å². The minimum atomic E-state index is 0.293. The van der Waals surface area contributed by atoms with E-state index in [1.54, 1.807) is 11.1 Å². The molecule has 3 aliphatic carbocycles. The number of hydrogen-bond donors (Lipinski definition) is 0. The van der Waals surface area contributed by atoms with Crippen LogP contribution in [-0.4, -0.2) is 4.57 Å². The minimum Gasteiger partial charge on any atom is -0.343 e. The third-order valence-corrected chi connectivity index (χ3v) is 7.98. The second kappa shape index (κ2) is 6.23. The number of benzene rings is 2. The first kappa shape index (κ1) is 17.3. The molecule has 29 heavy (non-hydrogen) atoms. The molecule has 2 aromatic carbocycles. The van der Waals surface area contributed by atoms with E-state index < -0.39 is 0 Å². The van der Waals surface area contributed by atoms with Crippen LogP contribution in [0.25, 0.3) is 22.2 Å². The van der Waals surface area contributed by atoms with E-state index in [0.29, 0.717) is 17.3 Å². The van der Waals surface area contributed by atoms with Gasteiger partial charge in [0.15, 0.2) is 0 Å². The first-order chi connectivity index (χ1) is 14.2. The van der Waals surface area contributed by atoms with E-state index in [9.17, 15) is 0 Å². The summed E-state index contributed by atoms with van der Waals surface area (Å²) in [7, 11) is 2.26. The van der Waals surface area contributed by atoms with Gasteiger partial charge in [-0.25, -0.2) is 0 Å². The van der Waals surface area contributed by atoms with Crippen molar-refractivity contribution in [2.45, 2.75) is 44.9 Å². The summed E-state index contributed by atoms with van der Waals surface area (Å²) in [4.78, 5) is 0. The van der Waals surface area contributed by atoms with E-state index in [0.717, 1.165) is 0 Å². The Labute approximate surface area is 173 Å². The molecule has 1 nitrogen and oxygen atoms in total. The van der Waals surface area contributed by atoms with Gasteiger partial charge in [-0.3, -0.25) is 0 Å². The Balaban J connectivity index is 1.69. The highest BCUT2D eigenvalue weighted by molar-refractivity contribution is 5.97. The molecule has 0 bridgehead atoms. The molecule has 1 heteroatoms. The maximum absolute atomic E-state index is 2.47. The van der Waals surface area contributed by atoms with E-state index in [-0.39, 0.29) is 0 Å². The van der Waals surface area contributed by atoms with Crippen molar-refractivity contribution in [3.63, 3.8) is 0 Å². The average molecular weight is 380 g/mol. The summed E-state index contributed by atoms with van der Waals surface area (Å²) >= 11 is 0. The van der Waals surface area contributed by atoms with Gasteiger partial charge >= 0.3 is 0 Å². The maximum atomic E-state index is 2.47. The lowest BCUT2D eigenvalue weighted by atomic mass is 9.57. The normalized spacial score (nSPS) is 22.3. The molecule has 1 saturated carbocycles. The average Bonchev–Trinajstić information content (AvgIpc) is 3.45. The van der Waals surface area contributed by atoms with Crippen LogP contribution in [0.1, 0.15) is 54.7 Å². The van der Waals surface area contributed by atoms with Crippen molar-refractivity contribution in [2.24, 2.45) is 18.4 Å². The standard InChI is InChI=1S/C28H29N/c1-19-14-15-24-23(18-19)25-26(21-12-6-7-13-22(21)27(25)29(24)2)28(16-8-3-9-17-28)20-10-4-5-11-20/h4-7,10-15,18,20,26H,3,8-9,16-17H2,1-2H3. The summed E-state index contributed by atoms with van der Waals surface area (Å²) in [5, 5.41) is 1.47. The Hall–Kier alpha value is -2.54. The molecule has 1 aromatic heterocycles. The molecule has 6 rings (SSSR count). The first-order valence-corrected chi connectivity index (χ1v) is 11.2. The fourth-order valence-corrected chi connectivity index (χ4v) is 6.76. The van der Waals surface area contributed by atoms with Gasteiger partial charge in [0, 0.05) is 35.3 Å². The van der Waals surface area contributed by atoms with Crippen LogP contribution in [-0.2, 0) is 7.05 Å². The SMILES string of the molecule is Cc1ccc2c(c1)c1c(n2C)-c2ccccc2C1C1(C2C=CC=C2)CCCCC1. The van der Waals surface area contributed by atoms with Gasteiger partial charge in [-0.2, -0.15) is 0 Å². The van der Waals surface area contributed by atoms with E-state index >= 15 is 0 Å². The molecule has 0 amide bonds. The minimum absolute atomic E-state index is 0.293. The van der Waals surface area contributed by atoms with Crippen molar-refractivity contribution < 1.29 is 0 Å². The molecule has 0 N–H and O–H groups in total. The third kappa shape index (κ3) is 2.28. The zero-order valence-electron chi connectivity index (χ0n) is 17.5. The molecular formula is C28H29N. The largest absolute Gasteiger partial charge is 0.343 e. The van der Waals surface area contributed by atoms with Crippen LogP contribution < -0.4 is 0 Å². The lowest BCUT2D eigenvalue weighted by molar-refractivity contribution is 0.128. The van der Waals surface area contributed by atoms with Crippen molar-refractivity contribution in [3.05, 3.63) is 83.5 Å². The summed E-state index contributed by atoms with van der Waals surface area (Å²) in [6, 6.07) is 16.3. The Morgan fingerprint density at radius 2 is 1.69 bits per heavy atom. The highest BCUT2D eigenvalue weighted by atomic mass is 15.0. The van der Waals surface area contributed by atoms with Crippen molar-refractivity contribution in [3.8, 4) is 11.3 Å². The van der Waals surface area contributed by atoms with Crippen LogP contribution in [0.3, 0.4) is 0 Å². The summed E-state index contributed by atoms with van der Waals surface area (Å²) in [6.45, 7) is 2.23. The zero-order valence-corrected chi connectivity index (χ0v) is 17.5. The quantitative estimate of drug-likeness (QED) is 0.440. The summed E-state index contributed by atoms with van der Waals surface area (Å²) in [5.74, 6) is 1.03. The van der Waals surface area contributed by atoms with E-state index in [2.05, 4.69) is 85.3 Å². The summed E-state index contributed by atoms with van der Waals surface area (Å²) in [6.07, 6.45) is 16.3. The molecule has 1 atom stereocenters. The van der Waals surface area contributed by atoms with Crippen LogP contribution in [0.4, 0.5) is 0 Å². The monoisotopic (exact) mass is 379 g/mol. The molecule has 3 aromatic rings. The van der Waals surface area contributed by atoms with Crippen molar-refractivity contribution >= 4 is 10.9 Å². The number of aryl methyl sites for hydroxylation is 2. The molecule has 1 fully saturated rings. The van der Waals surface area contributed by atoms with Gasteiger partial charge in [0.1, 0.15) is 0 Å². The van der Waals surface area contributed by atoms with Crippen molar-refractivity contribution in [1.82, 2.24) is 4.57 Å². The molecular weight excluding hydrogens is 350 g/mol. The lowest BCUT2D eigenvalue weighted by Crippen LogP contribution is -2.37. The lowest BCUT2D eigenvalue weighted by Gasteiger charge is -2.46. The Morgan fingerprint density at radius 3 is 2.48 bits per heavy atom. The highest BCUT2D eigenvalue weighted by Gasteiger charge is 2.50. The van der Waals surface area contributed by atoms with Gasteiger partial charge in [0.05, 0.1) is 5.69 Å². The Bertz CT molecular complexity index is 1150. The number of allylic oxidation sites excluding steroid dienone is 4. The van der Waals surface area contributed by atoms with E-state index in [1.165, 1.54) is 59.8 Å². The van der Waals surface area contributed by atoms with Crippen LogP contribution in [0.5, 0.6) is 0 Å². The van der Waals surface area contributed by atoms with Crippen molar-refractivity contribution in [1.29, 1.82) is 0 Å². The maximum Gasteiger partial charge on any atom is 0.0530 e. The number of fused-ring (bicyclic) bond motifs is 5. The first-order valence-electron chi connectivity index (χ1n) is 11.2. The molecule has 0 aliphatic heterocycles. The van der Waals surface area contributed by atoms with E-state index in [1.807, 2.05) is 0 Å². The predicted octanol–water partition coefficient (Wildman–Crippen LogP) is 7.29. The Kier molecular flexibility index (Phi) is 3.72. The fourth-order valence-electron chi connectivity index (χ4n) is 6.76. The predicted molar refractivity (Wildman–Crippen MR) is 122 cm³/mol.